The lowest BCUT2D eigenvalue weighted by molar-refractivity contribution is -0.875. The van der Waals surface area contributed by atoms with Crippen LogP contribution in [0.2, 0.25) is 0 Å². The van der Waals surface area contributed by atoms with Gasteiger partial charge in [0.05, 0.1) is 21.1 Å². The minimum absolute atomic E-state index is 0.0378. The summed E-state index contributed by atoms with van der Waals surface area (Å²) in [5.41, 5.74) is -1.88. The van der Waals surface area contributed by atoms with Crippen LogP contribution in [0.1, 0.15) is 81.6 Å². The highest BCUT2D eigenvalue weighted by Crippen LogP contribution is 2.19. The van der Waals surface area contributed by atoms with Crippen molar-refractivity contribution in [3.63, 3.8) is 0 Å². The fourth-order valence-corrected chi connectivity index (χ4v) is 2.97. The monoisotopic (exact) mass is 346 g/mol. The van der Waals surface area contributed by atoms with Crippen molar-refractivity contribution >= 4 is 11.8 Å². The van der Waals surface area contributed by atoms with E-state index in [9.17, 15) is 19.8 Å². The third-order valence-electron chi connectivity index (χ3n) is 4.02. The van der Waals surface area contributed by atoms with Crippen molar-refractivity contribution in [2.24, 2.45) is 0 Å². The van der Waals surface area contributed by atoms with E-state index in [0.29, 0.717) is 6.42 Å². The summed E-state index contributed by atoms with van der Waals surface area (Å²) in [7, 11) is 5.39. The van der Waals surface area contributed by atoms with Gasteiger partial charge in [-0.05, 0) is 6.42 Å². The van der Waals surface area contributed by atoms with Gasteiger partial charge in [0.2, 0.25) is 0 Å². The molecule has 0 aromatic rings. The van der Waals surface area contributed by atoms with Crippen molar-refractivity contribution in [2.45, 2.75) is 83.1 Å². The predicted octanol–water partition coefficient (Wildman–Crippen LogP) is 2.05. The van der Waals surface area contributed by atoms with E-state index >= 15 is 0 Å². The van der Waals surface area contributed by atoms with Crippen molar-refractivity contribution in [3.8, 4) is 0 Å². The van der Waals surface area contributed by atoms with Gasteiger partial charge in [-0.25, -0.2) is 0 Å². The van der Waals surface area contributed by atoms with Gasteiger partial charge in [-0.2, -0.15) is 0 Å². The summed E-state index contributed by atoms with van der Waals surface area (Å²) in [6.45, 7) is -1.78. The van der Waals surface area contributed by atoms with E-state index in [2.05, 4.69) is 0 Å². The molecule has 0 rings (SSSR count). The van der Waals surface area contributed by atoms with Crippen LogP contribution in [0.3, 0.4) is 0 Å². The normalized spacial score (nSPS) is 16.8. The van der Waals surface area contributed by atoms with Crippen molar-refractivity contribution in [1.82, 2.24) is 0 Å². The van der Waals surface area contributed by atoms with Gasteiger partial charge in [0, 0.05) is 22.9 Å². The molecule has 0 aromatic carbocycles. The molecule has 0 aliphatic carbocycles. The zero-order valence-electron chi connectivity index (χ0n) is 18.6. The molecule has 142 valence electrons. The zero-order valence-corrected chi connectivity index (χ0v) is 15.6. The molecule has 0 saturated carbocycles. The Morgan fingerprint density at radius 1 is 1.00 bits per heavy atom. The molecule has 0 amide bonds. The number of nitrogens with zero attached hydrogens (tertiary/aromatic N) is 1. The quantitative estimate of drug-likeness (QED) is 0.364. The van der Waals surface area contributed by atoms with Crippen molar-refractivity contribution in [3.05, 3.63) is 0 Å². The van der Waals surface area contributed by atoms with E-state index in [-0.39, 0.29) is 23.9 Å². The van der Waals surface area contributed by atoms with Gasteiger partial charge in [0.15, 0.2) is 11.4 Å². The topological polar surface area (TPSA) is 77.4 Å². The van der Waals surface area contributed by atoms with Gasteiger partial charge in [-0.15, -0.1) is 0 Å². The summed E-state index contributed by atoms with van der Waals surface area (Å²) in [6, 6.07) is 0. The Balaban J connectivity index is 4.00. The molecule has 24 heavy (non-hydrogen) atoms. The number of hydrogen-bond acceptors (Lipinski definition) is 4. The standard InChI is InChI=1S/C19H37NO4/c1-5-6-7-8-9-10-11-12-13-14-17(21)19(24,15-18(22)23)16-20(2,3)4/h24H,5-16H2,1-4H3/i1D3. The summed E-state index contributed by atoms with van der Waals surface area (Å²) < 4.78 is 21.7. The smallest absolute Gasteiger partial charge is 0.177 e. The molecular formula is C19H37NO4. The van der Waals surface area contributed by atoms with E-state index in [4.69, 9.17) is 4.11 Å². The Kier molecular flexibility index (Phi) is 8.63. The summed E-state index contributed by atoms with van der Waals surface area (Å²) >= 11 is 0. The van der Waals surface area contributed by atoms with Gasteiger partial charge in [-0.1, -0.05) is 58.2 Å². The summed E-state index contributed by atoms with van der Waals surface area (Å²) in [6.07, 6.45) is 6.99. The van der Waals surface area contributed by atoms with Crippen molar-refractivity contribution in [1.29, 1.82) is 0 Å². The van der Waals surface area contributed by atoms with Crippen molar-refractivity contribution < 1.29 is 28.4 Å². The van der Waals surface area contributed by atoms with Crippen LogP contribution in [-0.2, 0) is 9.59 Å². The lowest BCUT2D eigenvalue weighted by atomic mass is 9.89. The summed E-state index contributed by atoms with van der Waals surface area (Å²) in [4.78, 5) is 23.3. The number of carbonyl (C=O) groups is 2. The lowest BCUT2D eigenvalue weighted by Crippen LogP contribution is -2.56. The number of carboxylic acid groups (broad SMARTS) is 1. The SMILES string of the molecule is [2H]C([2H])([2H])CCCCCCCCCCC(=O)C(O)(CC(=O)[O-])C[N+](C)(C)C. The number of hydrogen-bond donors (Lipinski definition) is 1. The molecule has 0 bridgehead atoms. The number of ketones is 1. The molecule has 5 heteroatoms. The number of quaternary nitrogens is 1. The van der Waals surface area contributed by atoms with E-state index < -0.39 is 30.6 Å². The Labute approximate surface area is 151 Å². The fourth-order valence-electron chi connectivity index (χ4n) is 2.97. The van der Waals surface area contributed by atoms with E-state index in [0.717, 1.165) is 44.9 Å². The van der Waals surface area contributed by atoms with Gasteiger partial charge in [0.1, 0.15) is 6.54 Å². The van der Waals surface area contributed by atoms with Crippen LogP contribution >= 0.6 is 0 Å². The highest BCUT2D eigenvalue weighted by atomic mass is 16.4. The molecule has 1 unspecified atom stereocenters. The molecule has 0 spiro atoms. The van der Waals surface area contributed by atoms with Crippen molar-refractivity contribution in [2.75, 3.05) is 27.7 Å². The number of Topliss-reactive ketones (excluding diaryl/α,β-unsaturated/α-hetero) is 1. The second kappa shape index (κ2) is 11.6. The molecule has 0 heterocycles. The molecule has 0 aliphatic heterocycles. The maximum Gasteiger partial charge on any atom is 0.177 e. The van der Waals surface area contributed by atoms with Crippen LogP contribution in [0.4, 0.5) is 0 Å². The third-order valence-corrected chi connectivity index (χ3v) is 4.02. The Morgan fingerprint density at radius 2 is 1.50 bits per heavy atom. The largest absolute Gasteiger partial charge is 0.550 e. The Bertz CT molecular complexity index is 461. The molecule has 1 atom stereocenters. The predicted molar refractivity (Wildman–Crippen MR) is 94.3 cm³/mol. The van der Waals surface area contributed by atoms with Crippen LogP contribution in [0.15, 0.2) is 0 Å². The number of aliphatic carboxylic acids is 1. The molecule has 5 nitrogen and oxygen atoms in total. The number of likely N-dealkylation sites (N-methyl/N-ethyl adjacent to an activating group) is 1. The maximum atomic E-state index is 12.4. The van der Waals surface area contributed by atoms with Crippen LogP contribution < -0.4 is 5.11 Å². The first-order chi connectivity index (χ1) is 12.3. The summed E-state index contributed by atoms with van der Waals surface area (Å²) in [5, 5.41) is 21.5. The number of carbonyl (C=O) groups excluding carboxylic acids is 2. The first-order valence-electron chi connectivity index (χ1n) is 10.5. The fraction of sp³-hybridized carbons (Fsp3) is 0.895. The second-order valence-electron chi connectivity index (χ2n) is 7.78. The van der Waals surface area contributed by atoms with E-state index in [1.54, 1.807) is 21.1 Å². The molecule has 0 aliphatic rings. The first-order valence-corrected chi connectivity index (χ1v) is 9.01. The first kappa shape index (κ1) is 17.9. The lowest BCUT2D eigenvalue weighted by Gasteiger charge is -2.34. The number of rotatable bonds is 15. The maximum absolute atomic E-state index is 12.4. The van der Waals surface area contributed by atoms with Gasteiger partial charge in [0.25, 0.3) is 0 Å². The minimum Gasteiger partial charge on any atom is -0.550 e. The highest BCUT2D eigenvalue weighted by Gasteiger charge is 2.40. The molecule has 0 saturated heterocycles. The average molecular weight is 347 g/mol. The minimum atomic E-state index is -1.88. The number of unbranched alkanes of at least 4 members (excludes halogenated alkanes) is 7. The van der Waals surface area contributed by atoms with Gasteiger partial charge < -0.3 is 19.5 Å². The molecule has 1 N–H and O–H groups in total. The van der Waals surface area contributed by atoms with E-state index in [1.165, 1.54) is 0 Å². The average Bonchev–Trinajstić information content (AvgIpc) is 2.44. The second-order valence-corrected chi connectivity index (χ2v) is 7.78. The number of aliphatic hydroxyl groups is 1. The molecule has 0 fully saturated rings. The molecule has 0 aromatic heterocycles. The number of carboxylic acids is 1. The van der Waals surface area contributed by atoms with Crippen LogP contribution in [0.25, 0.3) is 0 Å². The van der Waals surface area contributed by atoms with E-state index in [1.807, 2.05) is 0 Å². The van der Waals surface area contributed by atoms with Gasteiger partial charge in [-0.3, -0.25) is 4.79 Å². The Hall–Kier alpha value is -0.940. The van der Waals surface area contributed by atoms with Crippen LogP contribution in [0, 0.1) is 0 Å². The third kappa shape index (κ3) is 11.6. The highest BCUT2D eigenvalue weighted by molar-refractivity contribution is 5.90. The molecular weight excluding hydrogens is 306 g/mol. The Morgan fingerprint density at radius 3 is 1.96 bits per heavy atom. The van der Waals surface area contributed by atoms with Crippen LogP contribution in [-0.4, -0.2) is 54.6 Å². The molecule has 0 radical (unpaired) electrons. The van der Waals surface area contributed by atoms with Gasteiger partial charge >= 0.3 is 0 Å². The van der Waals surface area contributed by atoms with Crippen LogP contribution in [0.5, 0.6) is 0 Å². The zero-order chi connectivity index (χ0) is 21.1. The summed E-state index contributed by atoms with van der Waals surface area (Å²) in [5.74, 6) is -1.85.